The van der Waals surface area contributed by atoms with E-state index >= 15 is 0 Å². The first-order valence-corrected chi connectivity index (χ1v) is 13.0. The molecule has 1 amide bonds. The van der Waals surface area contributed by atoms with Gasteiger partial charge >= 0.3 is 0 Å². The van der Waals surface area contributed by atoms with Gasteiger partial charge in [-0.2, -0.15) is 0 Å². The number of rotatable bonds is 10. The van der Waals surface area contributed by atoms with E-state index in [1.165, 1.54) is 5.56 Å². The minimum atomic E-state index is 0.0350. The number of halogens is 2. The highest BCUT2D eigenvalue weighted by Gasteiger charge is 2.17. The number of nitrogens with zero attached hydrogens (tertiary/aromatic N) is 4. The zero-order valence-corrected chi connectivity index (χ0v) is 21.6. The third-order valence-electron chi connectivity index (χ3n) is 5.31. The summed E-state index contributed by atoms with van der Waals surface area (Å²) in [5.74, 6) is 1.48. The van der Waals surface area contributed by atoms with Crippen molar-refractivity contribution in [3.8, 4) is 17.1 Å². The fraction of sp³-hybridized carbons (Fsp3) is 0.231. The molecule has 0 saturated heterocycles. The molecule has 2 heterocycles. The molecule has 0 atom stereocenters. The van der Waals surface area contributed by atoms with Gasteiger partial charge in [0.15, 0.2) is 11.0 Å². The molecule has 0 bridgehead atoms. The van der Waals surface area contributed by atoms with Crippen molar-refractivity contribution in [1.82, 2.24) is 25.1 Å². The molecule has 4 aromatic rings. The summed E-state index contributed by atoms with van der Waals surface area (Å²) in [7, 11) is 0. The van der Waals surface area contributed by atoms with Crippen LogP contribution >= 0.6 is 35.0 Å². The number of benzene rings is 2. The van der Waals surface area contributed by atoms with Crippen LogP contribution in [-0.2, 0) is 11.2 Å². The molecule has 6 nitrogen and oxygen atoms in total. The molecule has 9 heteroatoms. The largest absolute Gasteiger partial charge is 0.356 e. The maximum absolute atomic E-state index is 12.2. The number of hydrogen-bond donors (Lipinski definition) is 1. The summed E-state index contributed by atoms with van der Waals surface area (Å²) >= 11 is 14.0. The van der Waals surface area contributed by atoms with Crippen molar-refractivity contribution in [2.75, 3.05) is 12.3 Å². The Morgan fingerprint density at radius 2 is 1.86 bits per heavy atom. The number of aromatic nitrogens is 4. The zero-order chi connectivity index (χ0) is 24.6. The molecule has 0 aliphatic heterocycles. The van der Waals surface area contributed by atoms with Gasteiger partial charge in [0.05, 0.1) is 15.7 Å². The normalized spacial score (nSPS) is 10.9. The van der Waals surface area contributed by atoms with E-state index < -0.39 is 0 Å². The SMILES string of the molecule is Cc1ccc(-c2nnc(SCCCC(=O)NCCc3ccccn3)n2-c2ccc(Cl)c(Cl)c2)cc1. The standard InChI is InChI=1S/C26H25Cl2N5OS/c1-18-7-9-19(10-8-18)25-31-32-26(33(25)21-11-12-22(27)23(28)17-21)35-16-4-6-24(34)30-15-13-20-5-2-3-14-29-20/h2-3,5,7-12,14,17H,4,6,13,15-16H2,1H3,(H,30,34). The molecule has 2 aromatic heterocycles. The second-order valence-electron chi connectivity index (χ2n) is 7.98. The minimum absolute atomic E-state index is 0.0350. The van der Waals surface area contributed by atoms with E-state index in [0.29, 0.717) is 29.4 Å². The lowest BCUT2D eigenvalue weighted by Crippen LogP contribution is -2.25. The number of carbonyl (C=O) groups excluding carboxylic acids is 1. The fourth-order valence-corrected chi connectivity index (χ4v) is 4.65. The summed E-state index contributed by atoms with van der Waals surface area (Å²) in [6.45, 7) is 2.62. The Labute approximate surface area is 219 Å². The van der Waals surface area contributed by atoms with Gasteiger partial charge in [-0.15, -0.1) is 10.2 Å². The van der Waals surface area contributed by atoms with Crippen LogP contribution in [0.4, 0.5) is 0 Å². The van der Waals surface area contributed by atoms with Gasteiger partial charge < -0.3 is 5.32 Å². The van der Waals surface area contributed by atoms with Crippen molar-refractivity contribution in [2.45, 2.75) is 31.3 Å². The van der Waals surface area contributed by atoms with Crippen LogP contribution in [0.2, 0.25) is 10.0 Å². The first-order valence-electron chi connectivity index (χ1n) is 11.3. The lowest BCUT2D eigenvalue weighted by Gasteiger charge is -2.11. The highest BCUT2D eigenvalue weighted by atomic mass is 35.5. The first-order chi connectivity index (χ1) is 17.0. The summed E-state index contributed by atoms with van der Waals surface area (Å²) in [4.78, 5) is 16.5. The number of aryl methyl sites for hydroxylation is 1. The van der Waals surface area contributed by atoms with Crippen LogP contribution in [0, 0.1) is 6.92 Å². The van der Waals surface area contributed by atoms with E-state index in [2.05, 4.69) is 20.5 Å². The van der Waals surface area contributed by atoms with E-state index in [9.17, 15) is 4.79 Å². The zero-order valence-electron chi connectivity index (χ0n) is 19.2. The van der Waals surface area contributed by atoms with Gasteiger partial charge in [-0.25, -0.2) is 0 Å². The average Bonchev–Trinajstić information content (AvgIpc) is 3.28. The molecule has 180 valence electrons. The quantitative estimate of drug-likeness (QED) is 0.198. The highest BCUT2D eigenvalue weighted by Crippen LogP contribution is 2.31. The summed E-state index contributed by atoms with van der Waals surface area (Å²) in [6.07, 6.45) is 3.64. The highest BCUT2D eigenvalue weighted by molar-refractivity contribution is 7.99. The Morgan fingerprint density at radius 3 is 2.60 bits per heavy atom. The minimum Gasteiger partial charge on any atom is -0.356 e. The van der Waals surface area contributed by atoms with Crippen LogP contribution in [0.25, 0.3) is 17.1 Å². The van der Waals surface area contributed by atoms with Crippen molar-refractivity contribution in [3.05, 3.63) is 88.2 Å². The monoisotopic (exact) mass is 525 g/mol. The summed E-state index contributed by atoms with van der Waals surface area (Å²) in [5, 5.41) is 13.5. The third kappa shape index (κ3) is 6.84. The molecule has 2 aromatic carbocycles. The summed E-state index contributed by atoms with van der Waals surface area (Å²) in [6, 6.07) is 19.4. The van der Waals surface area contributed by atoms with Gasteiger partial charge in [0.25, 0.3) is 0 Å². The maximum Gasteiger partial charge on any atom is 0.220 e. The Bertz CT molecular complexity index is 1280. The summed E-state index contributed by atoms with van der Waals surface area (Å²) in [5.41, 5.74) is 3.92. The Hall–Kier alpha value is -2.87. The molecule has 0 spiro atoms. The van der Waals surface area contributed by atoms with Gasteiger partial charge in [-0.05, 0) is 43.7 Å². The number of amides is 1. The summed E-state index contributed by atoms with van der Waals surface area (Å²) < 4.78 is 1.98. The molecular weight excluding hydrogens is 501 g/mol. The average molecular weight is 526 g/mol. The fourth-order valence-electron chi connectivity index (χ4n) is 3.47. The molecule has 0 aliphatic rings. The molecule has 0 fully saturated rings. The molecule has 0 radical (unpaired) electrons. The number of carbonyl (C=O) groups is 1. The molecule has 4 rings (SSSR count). The predicted molar refractivity (Wildman–Crippen MR) is 142 cm³/mol. The van der Waals surface area contributed by atoms with Crippen molar-refractivity contribution < 1.29 is 4.79 Å². The van der Waals surface area contributed by atoms with E-state index in [-0.39, 0.29) is 5.91 Å². The maximum atomic E-state index is 12.2. The second-order valence-corrected chi connectivity index (χ2v) is 9.86. The van der Waals surface area contributed by atoms with Crippen molar-refractivity contribution >= 4 is 40.9 Å². The Morgan fingerprint density at radius 1 is 1.03 bits per heavy atom. The number of hydrogen-bond acceptors (Lipinski definition) is 5. The number of pyridine rings is 1. The Kier molecular flexibility index (Phi) is 8.79. The predicted octanol–water partition coefficient (Wildman–Crippen LogP) is 6.18. The first kappa shape index (κ1) is 25.2. The Balaban J connectivity index is 1.39. The van der Waals surface area contributed by atoms with Crippen LogP contribution in [0.15, 0.2) is 72.0 Å². The molecule has 35 heavy (non-hydrogen) atoms. The van der Waals surface area contributed by atoms with Gasteiger partial charge in [0.2, 0.25) is 5.91 Å². The molecular formula is C26H25Cl2N5OS. The van der Waals surface area contributed by atoms with Crippen LogP contribution in [0.5, 0.6) is 0 Å². The van der Waals surface area contributed by atoms with Crippen molar-refractivity contribution in [1.29, 1.82) is 0 Å². The van der Waals surface area contributed by atoms with Gasteiger partial charge in [0.1, 0.15) is 0 Å². The van der Waals surface area contributed by atoms with Crippen molar-refractivity contribution in [2.24, 2.45) is 0 Å². The van der Waals surface area contributed by atoms with Gasteiger partial charge in [-0.3, -0.25) is 14.3 Å². The molecule has 0 unspecified atom stereocenters. The lowest BCUT2D eigenvalue weighted by atomic mass is 10.1. The van der Waals surface area contributed by atoms with Crippen LogP contribution in [-0.4, -0.2) is 38.0 Å². The smallest absolute Gasteiger partial charge is 0.220 e. The lowest BCUT2D eigenvalue weighted by molar-refractivity contribution is -0.121. The van der Waals surface area contributed by atoms with E-state index in [1.807, 2.05) is 66.1 Å². The third-order valence-corrected chi connectivity index (χ3v) is 7.07. The van der Waals surface area contributed by atoms with Crippen LogP contribution in [0.3, 0.4) is 0 Å². The van der Waals surface area contributed by atoms with Gasteiger partial charge in [-0.1, -0.05) is 70.9 Å². The van der Waals surface area contributed by atoms with Crippen LogP contribution in [0.1, 0.15) is 24.1 Å². The molecule has 0 saturated carbocycles. The number of nitrogens with one attached hydrogen (secondary N) is 1. The van der Waals surface area contributed by atoms with Gasteiger partial charge in [0, 0.05) is 42.6 Å². The molecule has 1 N–H and O–H groups in total. The van der Waals surface area contributed by atoms with E-state index in [1.54, 1.807) is 24.0 Å². The van der Waals surface area contributed by atoms with Crippen LogP contribution < -0.4 is 5.32 Å². The topological polar surface area (TPSA) is 72.7 Å². The van der Waals surface area contributed by atoms with E-state index in [4.69, 9.17) is 23.2 Å². The second kappa shape index (κ2) is 12.2. The molecule has 0 aliphatic carbocycles. The number of thioether (sulfide) groups is 1. The van der Waals surface area contributed by atoms with E-state index in [0.717, 1.165) is 40.1 Å². The van der Waals surface area contributed by atoms with Crippen molar-refractivity contribution in [3.63, 3.8) is 0 Å².